The quantitative estimate of drug-likeness (QED) is 0.779. The molecule has 3 nitrogen and oxygen atoms in total. The number of fused-ring (bicyclic) bond motifs is 1. The Hall–Kier alpha value is -1.35. The van der Waals surface area contributed by atoms with Gasteiger partial charge in [-0.2, -0.15) is 0 Å². The Bertz CT molecular complexity index is 415. The van der Waals surface area contributed by atoms with Crippen molar-refractivity contribution < 1.29 is 9.53 Å². The second kappa shape index (κ2) is 5.32. The topological polar surface area (TPSA) is 29.5 Å². The molecule has 1 aliphatic heterocycles. The van der Waals surface area contributed by atoms with E-state index in [1.165, 1.54) is 11.1 Å². The highest BCUT2D eigenvalue weighted by Crippen LogP contribution is 2.26. The van der Waals surface area contributed by atoms with Gasteiger partial charge in [0.15, 0.2) is 0 Å². The number of rotatable bonds is 5. The first-order valence-corrected chi connectivity index (χ1v) is 6.08. The van der Waals surface area contributed by atoms with E-state index in [0.717, 1.165) is 31.9 Å². The summed E-state index contributed by atoms with van der Waals surface area (Å²) in [6.07, 6.45) is 1.64. The van der Waals surface area contributed by atoms with Crippen LogP contribution in [-0.2, 0) is 17.8 Å². The van der Waals surface area contributed by atoms with E-state index in [2.05, 4.69) is 23.1 Å². The molecule has 0 saturated heterocycles. The molecule has 0 unspecified atom stereocenters. The van der Waals surface area contributed by atoms with Crippen LogP contribution in [0, 0.1) is 0 Å². The first-order chi connectivity index (χ1) is 8.15. The van der Waals surface area contributed by atoms with Gasteiger partial charge in [-0.1, -0.05) is 12.1 Å². The first-order valence-electron chi connectivity index (χ1n) is 6.08. The zero-order chi connectivity index (χ0) is 12.3. The van der Waals surface area contributed by atoms with Gasteiger partial charge in [0, 0.05) is 25.9 Å². The minimum absolute atomic E-state index is 0.249. The molecule has 0 atom stereocenters. The van der Waals surface area contributed by atoms with E-state index in [1.807, 2.05) is 7.05 Å². The molecule has 0 N–H and O–H groups in total. The largest absolute Gasteiger partial charge is 0.493 e. The zero-order valence-corrected chi connectivity index (χ0v) is 10.5. The third kappa shape index (κ3) is 3.30. The van der Waals surface area contributed by atoms with Crippen molar-refractivity contribution in [2.75, 3.05) is 20.2 Å². The molecule has 0 spiro atoms. The predicted molar refractivity (Wildman–Crippen MR) is 67.3 cm³/mol. The van der Waals surface area contributed by atoms with Gasteiger partial charge >= 0.3 is 0 Å². The van der Waals surface area contributed by atoms with E-state index >= 15 is 0 Å². The number of Topliss-reactive ketones (excluding diaryl/α,β-unsaturated/α-hetero) is 1. The fourth-order valence-electron chi connectivity index (χ4n) is 2.08. The third-order valence-electron chi connectivity index (χ3n) is 3.05. The summed E-state index contributed by atoms with van der Waals surface area (Å²) in [6, 6.07) is 6.37. The van der Waals surface area contributed by atoms with E-state index in [1.54, 1.807) is 6.92 Å². The lowest BCUT2D eigenvalue weighted by molar-refractivity contribution is -0.117. The third-order valence-corrected chi connectivity index (χ3v) is 3.05. The van der Waals surface area contributed by atoms with Crippen LogP contribution in [0.2, 0.25) is 0 Å². The fourth-order valence-corrected chi connectivity index (χ4v) is 2.08. The number of benzene rings is 1. The molecule has 92 valence electrons. The van der Waals surface area contributed by atoms with Gasteiger partial charge in [-0.25, -0.2) is 0 Å². The van der Waals surface area contributed by atoms with Gasteiger partial charge < -0.3 is 9.64 Å². The average Bonchev–Trinajstić information content (AvgIpc) is 2.73. The van der Waals surface area contributed by atoms with Crippen LogP contribution in [0.25, 0.3) is 0 Å². The molecule has 0 radical (unpaired) electrons. The van der Waals surface area contributed by atoms with Gasteiger partial charge in [0.2, 0.25) is 0 Å². The Kier molecular flexibility index (Phi) is 3.79. The van der Waals surface area contributed by atoms with Crippen LogP contribution in [0.5, 0.6) is 5.75 Å². The Morgan fingerprint density at radius 3 is 3.06 bits per heavy atom. The molecule has 1 aromatic carbocycles. The highest BCUT2D eigenvalue weighted by atomic mass is 16.5. The van der Waals surface area contributed by atoms with Crippen molar-refractivity contribution in [1.29, 1.82) is 0 Å². The second-order valence-electron chi connectivity index (χ2n) is 4.73. The van der Waals surface area contributed by atoms with Gasteiger partial charge in [-0.15, -0.1) is 0 Å². The SMILES string of the molecule is CC(=O)CCN(C)Cc1ccc2c(c1)CCO2. The number of hydrogen-bond acceptors (Lipinski definition) is 3. The highest BCUT2D eigenvalue weighted by molar-refractivity contribution is 5.75. The van der Waals surface area contributed by atoms with Gasteiger partial charge in [-0.3, -0.25) is 4.79 Å². The van der Waals surface area contributed by atoms with Gasteiger partial charge in [0.1, 0.15) is 11.5 Å². The molecule has 0 fully saturated rings. The maximum atomic E-state index is 10.9. The first kappa shape index (κ1) is 12.1. The number of carbonyl (C=O) groups is 1. The Balaban J connectivity index is 1.92. The predicted octanol–water partition coefficient (Wildman–Crippen LogP) is 2.03. The van der Waals surface area contributed by atoms with Gasteiger partial charge in [0.25, 0.3) is 0 Å². The standard InChI is InChI=1S/C14H19NO2/c1-11(16)5-7-15(2)10-12-3-4-14-13(9-12)6-8-17-14/h3-4,9H,5-8,10H2,1-2H3. The molecule has 0 saturated carbocycles. The molecule has 0 amide bonds. The molecule has 0 bridgehead atoms. The van der Waals surface area contributed by atoms with E-state index in [9.17, 15) is 4.79 Å². The molecule has 3 heteroatoms. The van der Waals surface area contributed by atoms with Crippen LogP contribution < -0.4 is 4.74 Å². The summed E-state index contributed by atoms with van der Waals surface area (Å²) in [5, 5.41) is 0. The lowest BCUT2D eigenvalue weighted by atomic mass is 10.1. The number of nitrogens with zero attached hydrogens (tertiary/aromatic N) is 1. The van der Waals surface area contributed by atoms with E-state index in [-0.39, 0.29) is 5.78 Å². The molecule has 0 aliphatic carbocycles. The zero-order valence-electron chi connectivity index (χ0n) is 10.5. The Morgan fingerprint density at radius 1 is 1.47 bits per heavy atom. The molecule has 1 aromatic rings. The highest BCUT2D eigenvalue weighted by Gasteiger charge is 2.12. The van der Waals surface area contributed by atoms with Crippen LogP contribution >= 0.6 is 0 Å². The summed E-state index contributed by atoms with van der Waals surface area (Å²) < 4.78 is 5.48. The fraction of sp³-hybridized carbons (Fsp3) is 0.500. The maximum Gasteiger partial charge on any atom is 0.131 e. The molecule has 2 rings (SSSR count). The van der Waals surface area contributed by atoms with Gasteiger partial charge in [0.05, 0.1) is 6.61 Å². The Morgan fingerprint density at radius 2 is 2.29 bits per heavy atom. The van der Waals surface area contributed by atoms with Crippen LogP contribution in [0.15, 0.2) is 18.2 Å². The van der Waals surface area contributed by atoms with E-state index < -0.39 is 0 Å². The maximum absolute atomic E-state index is 10.9. The molecule has 0 aromatic heterocycles. The molecule has 1 heterocycles. The summed E-state index contributed by atoms with van der Waals surface area (Å²) >= 11 is 0. The monoisotopic (exact) mass is 233 g/mol. The number of ether oxygens (including phenoxy) is 1. The molecule has 17 heavy (non-hydrogen) atoms. The van der Waals surface area contributed by atoms with E-state index in [0.29, 0.717) is 6.42 Å². The summed E-state index contributed by atoms with van der Waals surface area (Å²) in [5.41, 5.74) is 2.60. The van der Waals surface area contributed by atoms with Crippen LogP contribution in [0.4, 0.5) is 0 Å². The van der Waals surface area contributed by atoms with Crippen LogP contribution in [0.1, 0.15) is 24.5 Å². The smallest absolute Gasteiger partial charge is 0.131 e. The van der Waals surface area contributed by atoms with Crippen molar-refractivity contribution in [3.8, 4) is 5.75 Å². The Labute approximate surface area is 102 Å². The second-order valence-corrected chi connectivity index (χ2v) is 4.73. The van der Waals surface area contributed by atoms with Crippen molar-refractivity contribution in [2.24, 2.45) is 0 Å². The van der Waals surface area contributed by atoms with Crippen molar-refractivity contribution >= 4 is 5.78 Å². The number of carbonyl (C=O) groups excluding carboxylic acids is 1. The molecular weight excluding hydrogens is 214 g/mol. The average molecular weight is 233 g/mol. The minimum Gasteiger partial charge on any atom is -0.493 e. The normalized spacial score (nSPS) is 13.6. The van der Waals surface area contributed by atoms with E-state index in [4.69, 9.17) is 4.74 Å². The van der Waals surface area contributed by atoms with Crippen LogP contribution in [0.3, 0.4) is 0 Å². The molecular formula is C14H19NO2. The van der Waals surface area contributed by atoms with Crippen LogP contribution in [-0.4, -0.2) is 30.9 Å². The van der Waals surface area contributed by atoms with Crippen molar-refractivity contribution in [1.82, 2.24) is 4.90 Å². The van der Waals surface area contributed by atoms with Crippen molar-refractivity contribution in [3.05, 3.63) is 29.3 Å². The van der Waals surface area contributed by atoms with Crippen molar-refractivity contribution in [3.63, 3.8) is 0 Å². The lowest BCUT2D eigenvalue weighted by Gasteiger charge is -2.16. The van der Waals surface area contributed by atoms with Gasteiger partial charge in [-0.05, 0) is 31.2 Å². The summed E-state index contributed by atoms with van der Waals surface area (Å²) in [4.78, 5) is 13.1. The molecule has 1 aliphatic rings. The summed E-state index contributed by atoms with van der Waals surface area (Å²) in [7, 11) is 2.05. The minimum atomic E-state index is 0.249. The van der Waals surface area contributed by atoms with Crippen molar-refractivity contribution in [2.45, 2.75) is 26.3 Å². The summed E-state index contributed by atoms with van der Waals surface area (Å²) in [5.74, 6) is 1.28. The number of hydrogen-bond donors (Lipinski definition) is 0. The summed E-state index contributed by atoms with van der Waals surface area (Å²) in [6.45, 7) is 4.16. The lowest BCUT2D eigenvalue weighted by Crippen LogP contribution is -2.20. The number of ketones is 1.